The Bertz CT molecular complexity index is 631. The molecule has 8 nitrogen and oxygen atoms in total. The number of anilines is 1. The lowest BCUT2D eigenvalue weighted by atomic mass is 10.2. The van der Waals surface area contributed by atoms with Crippen LogP contribution in [0.5, 0.6) is 0 Å². The number of ether oxygens (including phenoxy) is 2. The average Bonchev–Trinajstić information content (AvgIpc) is 2.52. The number of hydrogen-bond donors (Lipinski definition) is 1. The summed E-state index contributed by atoms with van der Waals surface area (Å²) in [6.45, 7) is 11.0. The first-order chi connectivity index (χ1) is 11.7. The average molecular weight is 368 g/mol. The molecule has 0 atom stereocenters. The van der Waals surface area contributed by atoms with Gasteiger partial charge in [0.05, 0.1) is 13.2 Å². The highest BCUT2D eigenvalue weighted by Gasteiger charge is 2.24. The van der Waals surface area contributed by atoms with Crippen LogP contribution in [-0.2, 0) is 9.47 Å². The van der Waals surface area contributed by atoms with Gasteiger partial charge in [-0.3, -0.25) is 5.43 Å². The number of carbonyl (C=O) groups is 2. The number of hydrazine groups is 1. The lowest BCUT2D eigenvalue weighted by molar-refractivity contribution is 0.0312. The van der Waals surface area contributed by atoms with E-state index < -0.39 is 17.7 Å². The summed E-state index contributed by atoms with van der Waals surface area (Å²) in [4.78, 5) is 32.8. The highest BCUT2D eigenvalue weighted by molar-refractivity contribution is 7.98. The number of amides is 1. The van der Waals surface area contributed by atoms with Gasteiger partial charge in [0.1, 0.15) is 11.2 Å². The van der Waals surface area contributed by atoms with Crippen LogP contribution in [0.3, 0.4) is 0 Å². The molecule has 0 saturated carbocycles. The first-order valence-corrected chi connectivity index (χ1v) is 8.90. The molecule has 0 aliphatic carbocycles. The predicted molar refractivity (Wildman–Crippen MR) is 96.5 cm³/mol. The van der Waals surface area contributed by atoms with Crippen LogP contribution in [0.4, 0.5) is 10.6 Å². The van der Waals surface area contributed by atoms with Gasteiger partial charge in [-0.05, 0) is 34.0 Å². The molecule has 25 heavy (non-hydrogen) atoms. The number of nitrogens with zero attached hydrogens (tertiary/aromatic N) is 3. The first-order valence-electron chi connectivity index (χ1n) is 7.68. The molecule has 1 amide bonds. The van der Waals surface area contributed by atoms with Gasteiger partial charge in [0, 0.05) is 6.20 Å². The Labute approximate surface area is 152 Å². The summed E-state index contributed by atoms with van der Waals surface area (Å²) >= 11 is 1.31. The molecular weight excluding hydrogens is 344 g/mol. The fourth-order valence-electron chi connectivity index (χ4n) is 1.65. The Hall–Kier alpha value is -2.29. The SMILES string of the molecule is C=CCN(Nc1nc(SC)ncc1C(=O)OCC)C(=O)OC(C)(C)C. The molecule has 0 saturated heterocycles. The van der Waals surface area contributed by atoms with E-state index in [0.717, 1.165) is 0 Å². The van der Waals surface area contributed by atoms with E-state index >= 15 is 0 Å². The molecule has 0 bridgehead atoms. The Morgan fingerprint density at radius 2 is 2.12 bits per heavy atom. The van der Waals surface area contributed by atoms with Crippen LogP contribution >= 0.6 is 11.8 Å². The van der Waals surface area contributed by atoms with Crippen molar-refractivity contribution in [2.45, 2.75) is 38.5 Å². The maximum Gasteiger partial charge on any atom is 0.429 e. The molecule has 0 aliphatic rings. The van der Waals surface area contributed by atoms with Crippen LogP contribution in [0, 0.1) is 0 Å². The van der Waals surface area contributed by atoms with E-state index in [-0.39, 0.29) is 24.5 Å². The topological polar surface area (TPSA) is 93.6 Å². The molecule has 1 N–H and O–H groups in total. The lowest BCUT2D eigenvalue weighted by Gasteiger charge is -2.27. The monoisotopic (exact) mass is 368 g/mol. The Kier molecular flexibility index (Phi) is 7.69. The van der Waals surface area contributed by atoms with E-state index in [1.54, 1.807) is 34.0 Å². The quantitative estimate of drug-likeness (QED) is 0.258. The summed E-state index contributed by atoms with van der Waals surface area (Å²) in [6, 6.07) is 0. The summed E-state index contributed by atoms with van der Waals surface area (Å²) in [5, 5.41) is 1.62. The summed E-state index contributed by atoms with van der Waals surface area (Å²) in [5.41, 5.74) is 2.26. The largest absolute Gasteiger partial charge is 0.462 e. The number of carbonyl (C=O) groups excluding carboxylic acids is 2. The van der Waals surface area contributed by atoms with Gasteiger partial charge in [-0.2, -0.15) is 0 Å². The summed E-state index contributed by atoms with van der Waals surface area (Å²) in [6.07, 6.45) is 4.07. The van der Waals surface area contributed by atoms with Crippen LogP contribution < -0.4 is 5.43 Å². The fraction of sp³-hybridized carbons (Fsp3) is 0.500. The van der Waals surface area contributed by atoms with E-state index in [2.05, 4.69) is 22.0 Å². The smallest absolute Gasteiger partial charge is 0.429 e. The van der Waals surface area contributed by atoms with Crippen LogP contribution in [0.25, 0.3) is 0 Å². The Balaban J connectivity index is 3.15. The molecule has 1 aromatic rings. The third-order valence-corrected chi connectivity index (χ3v) is 3.17. The van der Waals surface area contributed by atoms with Gasteiger partial charge in [-0.15, -0.1) is 6.58 Å². The summed E-state index contributed by atoms with van der Waals surface area (Å²) in [7, 11) is 0. The molecule has 1 aromatic heterocycles. The highest BCUT2D eigenvalue weighted by atomic mass is 32.2. The zero-order chi connectivity index (χ0) is 19.0. The minimum atomic E-state index is -0.668. The second-order valence-electron chi connectivity index (χ2n) is 5.83. The van der Waals surface area contributed by atoms with Crippen molar-refractivity contribution in [2.24, 2.45) is 0 Å². The summed E-state index contributed by atoms with van der Waals surface area (Å²) in [5.74, 6) is -0.425. The van der Waals surface area contributed by atoms with E-state index in [1.165, 1.54) is 29.0 Å². The maximum atomic E-state index is 12.3. The second-order valence-corrected chi connectivity index (χ2v) is 6.60. The number of nitrogens with one attached hydrogen (secondary N) is 1. The van der Waals surface area contributed by atoms with Gasteiger partial charge < -0.3 is 9.47 Å². The zero-order valence-electron chi connectivity index (χ0n) is 15.2. The van der Waals surface area contributed by atoms with Crippen LogP contribution in [0.2, 0.25) is 0 Å². The number of thioether (sulfide) groups is 1. The van der Waals surface area contributed by atoms with Crippen molar-refractivity contribution in [1.82, 2.24) is 15.0 Å². The van der Waals surface area contributed by atoms with Crippen molar-refractivity contribution in [3.63, 3.8) is 0 Å². The molecule has 0 aliphatic heterocycles. The van der Waals surface area contributed by atoms with E-state index in [1.807, 2.05) is 0 Å². The lowest BCUT2D eigenvalue weighted by Crippen LogP contribution is -2.41. The van der Waals surface area contributed by atoms with Gasteiger partial charge >= 0.3 is 12.1 Å². The van der Waals surface area contributed by atoms with Gasteiger partial charge in [-0.1, -0.05) is 17.8 Å². The minimum Gasteiger partial charge on any atom is -0.462 e. The number of aromatic nitrogens is 2. The van der Waals surface area contributed by atoms with E-state index in [0.29, 0.717) is 5.16 Å². The molecule has 0 radical (unpaired) electrons. The third kappa shape index (κ3) is 6.61. The molecule has 0 spiro atoms. The van der Waals surface area contributed by atoms with Gasteiger partial charge in [-0.25, -0.2) is 24.6 Å². The van der Waals surface area contributed by atoms with Crippen molar-refractivity contribution in [3.8, 4) is 0 Å². The van der Waals surface area contributed by atoms with E-state index in [9.17, 15) is 9.59 Å². The molecule has 9 heteroatoms. The zero-order valence-corrected chi connectivity index (χ0v) is 16.0. The Morgan fingerprint density at radius 3 is 2.64 bits per heavy atom. The van der Waals surface area contributed by atoms with Gasteiger partial charge in [0.2, 0.25) is 0 Å². The molecule has 138 valence electrons. The standard InChI is InChI=1S/C16H24N4O4S/c1-7-9-20(15(22)24-16(3,4)5)19-12-11(13(21)23-8-2)10-17-14(18-12)25-6/h7,10H,1,8-9H2,2-6H3,(H,17,18,19). The molecule has 0 aromatic carbocycles. The number of rotatable bonds is 7. The first kappa shape index (κ1) is 20.8. The maximum absolute atomic E-state index is 12.3. The second kappa shape index (κ2) is 9.26. The van der Waals surface area contributed by atoms with Crippen LogP contribution in [-0.4, -0.2) is 52.0 Å². The number of hydrogen-bond acceptors (Lipinski definition) is 8. The van der Waals surface area contributed by atoms with Crippen molar-refractivity contribution in [3.05, 3.63) is 24.4 Å². The molecular formula is C16H24N4O4S. The summed E-state index contributed by atoms with van der Waals surface area (Å²) < 4.78 is 10.3. The predicted octanol–water partition coefficient (Wildman–Crippen LogP) is 3.13. The molecule has 0 unspecified atom stereocenters. The normalized spacial score (nSPS) is 10.8. The van der Waals surface area contributed by atoms with Gasteiger partial charge in [0.25, 0.3) is 0 Å². The van der Waals surface area contributed by atoms with Crippen molar-refractivity contribution < 1.29 is 19.1 Å². The minimum absolute atomic E-state index is 0.122. The number of esters is 1. The fourth-order valence-corrected chi connectivity index (χ4v) is 1.99. The Morgan fingerprint density at radius 1 is 1.44 bits per heavy atom. The van der Waals surface area contributed by atoms with Crippen LogP contribution in [0.15, 0.2) is 24.0 Å². The third-order valence-electron chi connectivity index (χ3n) is 2.61. The highest BCUT2D eigenvalue weighted by Crippen LogP contribution is 2.19. The molecule has 1 rings (SSSR count). The molecule has 1 heterocycles. The van der Waals surface area contributed by atoms with Crippen molar-refractivity contribution in [2.75, 3.05) is 24.8 Å². The van der Waals surface area contributed by atoms with Crippen molar-refractivity contribution >= 4 is 29.6 Å². The molecule has 0 fully saturated rings. The van der Waals surface area contributed by atoms with Crippen molar-refractivity contribution in [1.29, 1.82) is 0 Å². The van der Waals surface area contributed by atoms with E-state index in [4.69, 9.17) is 9.47 Å². The van der Waals surface area contributed by atoms with Crippen LogP contribution in [0.1, 0.15) is 38.1 Å². The van der Waals surface area contributed by atoms with Gasteiger partial charge in [0.15, 0.2) is 11.0 Å².